The van der Waals surface area contributed by atoms with E-state index in [0.717, 1.165) is 0 Å². The van der Waals surface area contributed by atoms with Crippen LogP contribution in [0.25, 0.3) is 0 Å². The molecule has 4 saturated heterocycles. The number of hydrogen-bond acceptors (Lipinski definition) is 14. The third-order valence-corrected chi connectivity index (χ3v) is 12.6. The molecular weight excluding hydrogens is 690 g/mol. The zero-order chi connectivity index (χ0) is 40.0. The molecule has 4 fully saturated rings. The van der Waals surface area contributed by atoms with Crippen LogP contribution in [0.4, 0.5) is 0 Å². The first-order valence-corrected chi connectivity index (χ1v) is 19.5. The topological polar surface area (TPSA) is 172 Å². The Kier molecular flexibility index (Phi) is 14.2. The maximum Gasteiger partial charge on any atom is 0.311 e. The average molecular weight is 760 g/mol. The fraction of sp³-hybridized carbons (Fsp3) is 0.949. The van der Waals surface area contributed by atoms with Crippen molar-refractivity contribution in [3.8, 4) is 0 Å². The molecule has 0 saturated carbocycles. The SMILES string of the molecule is CC[C@@H](O)[C@@](C)(O)[C@@H]1OC(=O)[C@H](C)[C@@H](O[C@H]2CC(C)(OC)[C@@H](O)C(C)O2)[C@H](C)[C@@H](O[C@@H]2OC(C)CC(N(C)C)C2OC(C)=O)[C@]2(C)CC(C)C(O2)[C@@H]1C. The lowest BCUT2D eigenvalue weighted by molar-refractivity contribution is -0.319. The molecular formula is C39H69NO13. The standard InChI is InChI=1S/C39H69NO13/c1-15-27(42)39(11,45)34-21(4)29-19(2)17-38(10,53-29)33(52-36-31(49-25(8)41)26(40(12)13)16-20(3)47-36)22(5)30(23(6)35(44)51-34)50-28-18-37(9,46-14)32(43)24(7)48-28/h19-24,26-34,36,42-43,45H,15-18H2,1-14H3/t19?,20?,21-,22-,23+,24?,26?,27+,28-,29?,30-,31?,32-,33+,34+,36-,37?,38-,39+/m0/s1. The Bertz CT molecular complexity index is 1250. The van der Waals surface area contributed by atoms with Crippen molar-refractivity contribution < 1.29 is 62.8 Å². The van der Waals surface area contributed by atoms with Gasteiger partial charge < -0.3 is 58.1 Å². The molecule has 3 N–H and O–H groups in total. The van der Waals surface area contributed by atoms with Gasteiger partial charge in [-0.1, -0.05) is 27.7 Å². The van der Waals surface area contributed by atoms with E-state index in [4.69, 9.17) is 37.9 Å². The molecule has 0 aliphatic carbocycles. The Morgan fingerprint density at radius 3 is 2.25 bits per heavy atom. The van der Waals surface area contributed by atoms with Gasteiger partial charge in [0.15, 0.2) is 18.7 Å². The van der Waals surface area contributed by atoms with Crippen LogP contribution >= 0.6 is 0 Å². The molecule has 0 aromatic carbocycles. The molecule has 19 atom stereocenters. The maximum atomic E-state index is 14.4. The monoisotopic (exact) mass is 759 g/mol. The summed E-state index contributed by atoms with van der Waals surface area (Å²) in [4.78, 5) is 28.9. The van der Waals surface area contributed by atoms with Crippen molar-refractivity contribution >= 4 is 11.9 Å². The predicted octanol–water partition coefficient (Wildman–Crippen LogP) is 3.19. The van der Waals surface area contributed by atoms with Gasteiger partial charge in [0.25, 0.3) is 0 Å². The van der Waals surface area contributed by atoms with Gasteiger partial charge in [0, 0.05) is 32.3 Å². The molecule has 14 heteroatoms. The van der Waals surface area contributed by atoms with Gasteiger partial charge in [-0.3, -0.25) is 9.59 Å². The van der Waals surface area contributed by atoms with Gasteiger partial charge in [0.1, 0.15) is 17.8 Å². The number of aliphatic hydroxyl groups excluding tert-OH is 2. The number of nitrogens with zero attached hydrogens (tertiary/aromatic N) is 1. The molecule has 0 aromatic heterocycles. The summed E-state index contributed by atoms with van der Waals surface area (Å²) in [7, 11) is 5.38. The molecule has 0 spiro atoms. The highest BCUT2D eigenvalue weighted by Gasteiger charge is 2.59. The van der Waals surface area contributed by atoms with Crippen molar-refractivity contribution in [2.75, 3.05) is 21.2 Å². The highest BCUT2D eigenvalue weighted by molar-refractivity contribution is 5.73. The fourth-order valence-electron chi connectivity index (χ4n) is 9.50. The third kappa shape index (κ3) is 9.08. The van der Waals surface area contributed by atoms with Gasteiger partial charge >= 0.3 is 11.9 Å². The highest BCUT2D eigenvalue weighted by Crippen LogP contribution is 2.48. The molecule has 4 rings (SSSR count). The predicted molar refractivity (Wildman–Crippen MR) is 193 cm³/mol. The lowest BCUT2D eigenvalue weighted by Gasteiger charge is -2.49. The Labute approximate surface area is 316 Å². The second-order valence-electron chi connectivity index (χ2n) is 17.3. The van der Waals surface area contributed by atoms with E-state index in [1.807, 2.05) is 46.7 Å². The molecule has 53 heavy (non-hydrogen) atoms. The Hall–Kier alpha value is -1.46. The van der Waals surface area contributed by atoms with E-state index in [1.165, 1.54) is 21.0 Å². The quantitative estimate of drug-likeness (QED) is 0.278. The molecule has 0 radical (unpaired) electrons. The fourth-order valence-corrected chi connectivity index (χ4v) is 9.50. The van der Waals surface area contributed by atoms with Gasteiger partial charge in [-0.05, 0) is 80.8 Å². The number of methoxy groups -OCH3 is 1. The minimum atomic E-state index is -1.81. The molecule has 4 heterocycles. The van der Waals surface area contributed by atoms with E-state index in [9.17, 15) is 24.9 Å². The summed E-state index contributed by atoms with van der Waals surface area (Å²) < 4.78 is 51.5. The third-order valence-electron chi connectivity index (χ3n) is 12.6. The highest BCUT2D eigenvalue weighted by atomic mass is 16.7. The van der Waals surface area contributed by atoms with Crippen LogP contribution < -0.4 is 0 Å². The number of hydrogen-bond donors (Lipinski definition) is 3. The van der Waals surface area contributed by atoms with E-state index < -0.39 is 108 Å². The van der Waals surface area contributed by atoms with Crippen molar-refractivity contribution in [2.45, 2.75) is 192 Å². The van der Waals surface area contributed by atoms with Crippen LogP contribution in [0.5, 0.6) is 0 Å². The minimum Gasteiger partial charge on any atom is -0.459 e. The largest absolute Gasteiger partial charge is 0.459 e. The summed E-state index contributed by atoms with van der Waals surface area (Å²) >= 11 is 0. The molecule has 7 unspecified atom stereocenters. The van der Waals surface area contributed by atoms with Crippen LogP contribution in [0.2, 0.25) is 0 Å². The zero-order valence-electron chi connectivity index (χ0n) is 34.4. The van der Waals surface area contributed by atoms with Crippen LogP contribution in [-0.2, 0) is 47.5 Å². The van der Waals surface area contributed by atoms with Crippen LogP contribution in [0.3, 0.4) is 0 Å². The van der Waals surface area contributed by atoms with Gasteiger partial charge in [-0.2, -0.15) is 0 Å². The molecule has 4 aliphatic heterocycles. The number of likely N-dealkylation sites (N-methyl/N-ethyl adjacent to an activating group) is 1. The Morgan fingerprint density at radius 1 is 1.04 bits per heavy atom. The van der Waals surface area contributed by atoms with Crippen LogP contribution in [0.15, 0.2) is 0 Å². The van der Waals surface area contributed by atoms with E-state index in [0.29, 0.717) is 12.8 Å². The second-order valence-corrected chi connectivity index (χ2v) is 17.3. The van der Waals surface area contributed by atoms with Gasteiger partial charge in [0.2, 0.25) is 0 Å². The first-order chi connectivity index (χ1) is 24.5. The number of carbonyl (C=O) groups excluding carboxylic acids is 2. The number of esters is 2. The summed E-state index contributed by atoms with van der Waals surface area (Å²) in [5.41, 5.74) is -3.80. The molecule has 4 aliphatic rings. The van der Waals surface area contributed by atoms with Gasteiger partial charge in [0.05, 0.1) is 59.8 Å². The lowest BCUT2D eigenvalue weighted by Crippen LogP contribution is -2.60. The lowest BCUT2D eigenvalue weighted by atomic mass is 9.76. The van der Waals surface area contributed by atoms with Crippen molar-refractivity contribution in [3.63, 3.8) is 0 Å². The van der Waals surface area contributed by atoms with Crippen LogP contribution in [-0.4, -0.2) is 144 Å². The maximum absolute atomic E-state index is 14.4. The summed E-state index contributed by atoms with van der Waals surface area (Å²) in [6, 6.07) is -0.209. The summed E-state index contributed by atoms with van der Waals surface area (Å²) in [5, 5.41) is 33.8. The average Bonchev–Trinajstić information content (AvgIpc) is 3.39. The number of cyclic esters (lactones) is 1. The van der Waals surface area contributed by atoms with E-state index in [-0.39, 0.29) is 30.9 Å². The van der Waals surface area contributed by atoms with Crippen LogP contribution in [0.1, 0.15) is 102 Å². The molecule has 14 nitrogen and oxygen atoms in total. The summed E-state index contributed by atoms with van der Waals surface area (Å²) in [6.07, 6.45) is -7.48. The number of fused-ring (bicyclic) bond motifs is 2. The van der Waals surface area contributed by atoms with Gasteiger partial charge in [-0.15, -0.1) is 0 Å². The summed E-state index contributed by atoms with van der Waals surface area (Å²) in [6.45, 7) is 19.6. The normalized spacial score (nSPS) is 47.3. The molecule has 308 valence electrons. The van der Waals surface area contributed by atoms with Crippen LogP contribution in [0, 0.1) is 23.7 Å². The zero-order valence-corrected chi connectivity index (χ0v) is 34.4. The molecule has 0 amide bonds. The molecule has 0 aromatic rings. The second kappa shape index (κ2) is 17.0. The van der Waals surface area contributed by atoms with E-state index in [2.05, 4.69) is 6.92 Å². The van der Waals surface area contributed by atoms with Crippen molar-refractivity contribution in [2.24, 2.45) is 23.7 Å². The number of rotatable bonds is 10. The first kappa shape index (κ1) is 44.3. The van der Waals surface area contributed by atoms with Gasteiger partial charge in [-0.25, -0.2) is 0 Å². The van der Waals surface area contributed by atoms with Crippen molar-refractivity contribution in [1.82, 2.24) is 4.90 Å². The number of carbonyl (C=O) groups is 2. The first-order valence-electron chi connectivity index (χ1n) is 19.5. The Morgan fingerprint density at radius 2 is 1.68 bits per heavy atom. The van der Waals surface area contributed by atoms with Crippen molar-refractivity contribution in [3.05, 3.63) is 0 Å². The number of ether oxygens (including phenoxy) is 8. The molecule has 2 bridgehead atoms. The minimum absolute atomic E-state index is 0.0864. The van der Waals surface area contributed by atoms with E-state index in [1.54, 1.807) is 27.7 Å². The summed E-state index contributed by atoms with van der Waals surface area (Å²) in [5.74, 6) is -3.27. The number of aliphatic hydroxyl groups is 3. The smallest absolute Gasteiger partial charge is 0.311 e. The van der Waals surface area contributed by atoms with Crippen molar-refractivity contribution in [1.29, 1.82) is 0 Å². The van der Waals surface area contributed by atoms with E-state index >= 15 is 0 Å². The Balaban J connectivity index is 1.86.